The molecule has 1 aromatic heterocycles. The Morgan fingerprint density at radius 2 is 2.07 bits per heavy atom. The van der Waals surface area contributed by atoms with E-state index in [2.05, 4.69) is 25.5 Å². The third-order valence-electron chi connectivity index (χ3n) is 4.58. The van der Waals surface area contributed by atoms with Crippen molar-refractivity contribution in [3.05, 3.63) is 53.2 Å². The van der Waals surface area contributed by atoms with Crippen molar-refractivity contribution in [2.45, 2.75) is 25.2 Å². The Morgan fingerprint density at radius 1 is 1.30 bits per heavy atom. The largest absolute Gasteiger partial charge is 0.484 e. The van der Waals surface area contributed by atoms with Gasteiger partial charge in [0, 0.05) is 38.9 Å². The first kappa shape index (κ1) is 22.0. The number of aliphatic imine (C=N–C) groups is 1. The SMILES string of the molecule is CN=C(NCc1ccc(OCC(F)(F)F)cc1)NC1CCN(c2ncccc2Cl)C1. The molecule has 1 aliphatic heterocycles. The van der Waals surface area contributed by atoms with Crippen molar-refractivity contribution in [2.75, 3.05) is 31.6 Å². The van der Waals surface area contributed by atoms with E-state index in [0.717, 1.165) is 30.9 Å². The zero-order chi connectivity index (χ0) is 21.6. The monoisotopic (exact) mass is 441 g/mol. The van der Waals surface area contributed by atoms with Crippen LogP contribution >= 0.6 is 11.6 Å². The molecular formula is C20H23ClF3N5O. The lowest BCUT2D eigenvalue weighted by molar-refractivity contribution is -0.153. The molecule has 1 fully saturated rings. The number of benzene rings is 1. The molecule has 1 unspecified atom stereocenters. The van der Waals surface area contributed by atoms with Crippen LogP contribution in [0.5, 0.6) is 5.75 Å². The molecule has 1 saturated heterocycles. The van der Waals surface area contributed by atoms with Crippen LogP contribution in [-0.4, -0.2) is 49.9 Å². The Kier molecular flexibility index (Phi) is 7.25. The summed E-state index contributed by atoms with van der Waals surface area (Å²) in [7, 11) is 1.69. The van der Waals surface area contributed by atoms with Gasteiger partial charge in [-0.2, -0.15) is 13.2 Å². The summed E-state index contributed by atoms with van der Waals surface area (Å²) in [6.07, 6.45) is -1.71. The fourth-order valence-corrected chi connectivity index (χ4v) is 3.36. The van der Waals surface area contributed by atoms with Crippen molar-refractivity contribution in [1.29, 1.82) is 0 Å². The van der Waals surface area contributed by atoms with Gasteiger partial charge in [-0.3, -0.25) is 4.99 Å². The van der Waals surface area contributed by atoms with Crippen LogP contribution in [0.4, 0.5) is 19.0 Å². The summed E-state index contributed by atoms with van der Waals surface area (Å²) in [6.45, 7) is 0.762. The van der Waals surface area contributed by atoms with Gasteiger partial charge in [-0.25, -0.2) is 4.98 Å². The number of ether oxygens (including phenoxy) is 1. The van der Waals surface area contributed by atoms with Gasteiger partial charge in [-0.1, -0.05) is 23.7 Å². The molecule has 0 saturated carbocycles. The van der Waals surface area contributed by atoms with Gasteiger partial charge in [0.05, 0.1) is 5.02 Å². The van der Waals surface area contributed by atoms with Crippen LogP contribution in [0.2, 0.25) is 5.02 Å². The number of nitrogens with zero attached hydrogens (tertiary/aromatic N) is 3. The van der Waals surface area contributed by atoms with Gasteiger partial charge in [-0.15, -0.1) is 0 Å². The average Bonchev–Trinajstić information content (AvgIpc) is 3.18. The van der Waals surface area contributed by atoms with E-state index in [1.54, 1.807) is 31.4 Å². The normalized spacial score (nSPS) is 17.2. The number of pyridine rings is 1. The van der Waals surface area contributed by atoms with Crippen LogP contribution in [0.1, 0.15) is 12.0 Å². The Bertz CT molecular complexity index is 860. The van der Waals surface area contributed by atoms with Crippen molar-refractivity contribution in [3.63, 3.8) is 0 Å². The zero-order valence-electron chi connectivity index (χ0n) is 16.4. The van der Waals surface area contributed by atoms with E-state index >= 15 is 0 Å². The quantitative estimate of drug-likeness (QED) is 0.529. The second-order valence-electron chi connectivity index (χ2n) is 6.86. The molecule has 0 spiro atoms. The molecule has 1 aromatic carbocycles. The number of halogens is 4. The lowest BCUT2D eigenvalue weighted by Crippen LogP contribution is -2.44. The number of hydrogen-bond acceptors (Lipinski definition) is 4. The molecule has 6 nitrogen and oxygen atoms in total. The smallest absolute Gasteiger partial charge is 0.422 e. The summed E-state index contributed by atoms with van der Waals surface area (Å²) in [5.41, 5.74) is 0.894. The summed E-state index contributed by atoms with van der Waals surface area (Å²) in [5, 5.41) is 7.22. The third-order valence-corrected chi connectivity index (χ3v) is 4.87. The molecule has 2 aromatic rings. The molecule has 162 valence electrons. The first-order valence-electron chi connectivity index (χ1n) is 9.45. The van der Waals surface area contributed by atoms with Crippen LogP contribution < -0.4 is 20.3 Å². The summed E-state index contributed by atoms with van der Waals surface area (Å²) in [6, 6.07) is 10.3. The van der Waals surface area contributed by atoms with Gasteiger partial charge < -0.3 is 20.3 Å². The lowest BCUT2D eigenvalue weighted by atomic mass is 10.2. The number of hydrogen-bond donors (Lipinski definition) is 2. The molecule has 2 N–H and O–H groups in total. The molecule has 10 heteroatoms. The topological polar surface area (TPSA) is 61.8 Å². The molecule has 1 aliphatic rings. The van der Waals surface area contributed by atoms with Crippen LogP contribution in [0.3, 0.4) is 0 Å². The van der Waals surface area contributed by atoms with Crippen molar-refractivity contribution in [1.82, 2.24) is 15.6 Å². The van der Waals surface area contributed by atoms with Crippen LogP contribution in [-0.2, 0) is 6.54 Å². The summed E-state index contributed by atoms with van der Waals surface area (Å²) < 4.78 is 41.3. The van der Waals surface area contributed by atoms with Crippen molar-refractivity contribution < 1.29 is 17.9 Å². The molecule has 0 radical (unpaired) electrons. The standard InChI is InChI=1S/C20H23ClF3N5O/c1-25-19(27-11-14-4-6-16(7-5-14)30-13-20(22,23)24)28-15-8-10-29(12-15)18-17(21)3-2-9-26-18/h2-7,9,15H,8,10-13H2,1H3,(H2,25,27,28). The maximum absolute atomic E-state index is 12.2. The van der Waals surface area contributed by atoms with E-state index in [9.17, 15) is 13.2 Å². The van der Waals surface area contributed by atoms with Crippen LogP contribution in [0, 0.1) is 0 Å². The van der Waals surface area contributed by atoms with E-state index in [-0.39, 0.29) is 11.8 Å². The molecule has 0 bridgehead atoms. The number of anilines is 1. The van der Waals surface area contributed by atoms with E-state index in [1.165, 1.54) is 12.1 Å². The van der Waals surface area contributed by atoms with Gasteiger partial charge in [0.2, 0.25) is 0 Å². The predicted molar refractivity (Wildman–Crippen MR) is 111 cm³/mol. The number of nitrogens with one attached hydrogen (secondary N) is 2. The van der Waals surface area contributed by atoms with Gasteiger partial charge in [0.25, 0.3) is 0 Å². The number of alkyl halides is 3. The average molecular weight is 442 g/mol. The Labute approximate surface area is 178 Å². The maximum Gasteiger partial charge on any atom is 0.422 e. The lowest BCUT2D eigenvalue weighted by Gasteiger charge is -2.20. The minimum Gasteiger partial charge on any atom is -0.484 e. The number of aromatic nitrogens is 1. The van der Waals surface area contributed by atoms with Crippen molar-refractivity contribution in [2.24, 2.45) is 4.99 Å². The summed E-state index contributed by atoms with van der Waals surface area (Å²) >= 11 is 6.23. The Hall–Kier alpha value is -2.68. The highest BCUT2D eigenvalue weighted by Crippen LogP contribution is 2.25. The zero-order valence-corrected chi connectivity index (χ0v) is 17.2. The fraction of sp³-hybridized carbons (Fsp3) is 0.400. The summed E-state index contributed by atoms with van der Waals surface area (Å²) in [4.78, 5) is 10.7. The second-order valence-corrected chi connectivity index (χ2v) is 7.27. The maximum atomic E-state index is 12.2. The summed E-state index contributed by atoms with van der Waals surface area (Å²) in [5.74, 6) is 1.60. The highest BCUT2D eigenvalue weighted by atomic mass is 35.5. The third kappa shape index (κ3) is 6.41. The minimum atomic E-state index is -4.35. The molecular weight excluding hydrogens is 419 g/mol. The number of guanidine groups is 1. The van der Waals surface area contributed by atoms with E-state index < -0.39 is 12.8 Å². The molecule has 3 rings (SSSR count). The predicted octanol–water partition coefficient (Wildman–Crippen LogP) is 3.62. The molecule has 0 amide bonds. The van der Waals surface area contributed by atoms with Crippen molar-refractivity contribution in [3.8, 4) is 5.75 Å². The van der Waals surface area contributed by atoms with Crippen LogP contribution in [0.25, 0.3) is 0 Å². The Morgan fingerprint density at radius 3 is 2.73 bits per heavy atom. The molecule has 1 atom stereocenters. The van der Waals surface area contributed by atoms with Crippen molar-refractivity contribution >= 4 is 23.4 Å². The highest BCUT2D eigenvalue weighted by molar-refractivity contribution is 6.32. The molecule has 30 heavy (non-hydrogen) atoms. The molecule has 2 heterocycles. The van der Waals surface area contributed by atoms with E-state index in [4.69, 9.17) is 16.3 Å². The highest BCUT2D eigenvalue weighted by Gasteiger charge is 2.28. The van der Waals surface area contributed by atoms with Gasteiger partial charge in [0.1, 0.15) is 11.6 Å². The number of rotatable bonds is 6. The van der Waals surface area contributed by atoms with Gasteiger partial charge in [-0.05, 0) is 36.2 Å². The van der Waals surface area contributed by atoms with Crippen LogP contribution in [0.15, 0.2) is 47.6 Å². The van der Waals surface area contributed by atoms with Gasteiger partial charge in [0.15, 0.2) is 12.6 Å². The van der Waals surface area contributed by atoms with Gasteiger partial charge >= 0.3 is 6.18 Å². The minimum absolute atomic E-state index is 0.179. The van der Waals surface area contributed by atoms with E-state index in [0.29, 0.717) is 17.5 Å². The second kappa shape index (κ2) is 9.88. The fourth-order valence-electron chi connectivity index (χ4n) is 3.12. The first-order valence-corrected chi connectivity index (χ1v) is 9.83. The first-order chi connectivity index (χ1) is 14.3. The molecule has 0 aliphatic carbocycles. The van der Waals surface area contributed by atoms with E-state index in [1.807, 2.05) is 6.07 Å². The Balaban J connectivity index is 1.47.